The predicted molar refractivity (Wildman–Crippen MR) is 41.9 cm³/mol. The van der Waals surface area contributed by atoms with Gasteiger partial charge in [0.15, 0.2) is 0 Å². The first kappa shape index (κ1) is 12.3. The molecular formula is C7H17NO2. The third-order valence-corrected chi connectivity index (χ3v) is 0.709. The summed E-state index contributed by atoms with van der Waals surface area (Å²) in [5.41, 5.74) is 4.70. The maximum Gasteiger partial charge on any atom is 0.133 e. The lowest BCUT2D eigenvalue weighted by Gasteiger charge is -2.14. The standard InChI is InChI=1S/C5H12O.C2H5NO/c1-5(2,3)6-4;3-1-2-4/h1-4H3;2H,1,3H2. The first-order valence-electron chi connectivity index (χ1n) is 3.16. The first-order valence-corrected chi connectivity index (χ1v) is 3.16. The Morgan fingerprint density at radius 3 is 1.70 bits per heavy atom. The zero-order valence-corrected chi connectivity index (χ0v) is 7.18. The van der Waals surface area contributed by atoms with Crippen LogP contribution in [0.1, 0.15) is 20.8 Å². The molecule has 0 aliphatic heterocycles. The van der Waals surface area contributed by atoms with Crippen LogP contribution in [0.15, 0.2) is 0 Å². The van der Waals surface area contributed by atoms with E-state index in [9.17, 15) is 0 Å². The molecule has 0 unspecified atom stereocenters. The molecule has 0 saturated carbocycles. The summed E-state index contributed by atoms with van der Waals surface area (Å²) in [6.45, 7) is 6.20. The van der Waals surface area contributed by atoms with E-state index in [0.29, 0.717) is 6.29 Å². The lowest BCUT2D eigenvalue weighted by molar-refractivity contribution is -0.106. The molecule has 0 aromatic heterocycles. The van der Waals surface area contributed by atoms with Crippen molar-refractivity contribution in [3.8, 4) is 0 Å². The van der Waals surface area contributed by atoms with Crippen LogP contribution in [0.4, 0.5) is 0 Å². The molecule has 0 aromatic carbocycles. The molecule has 0 aromatic rings. The highest BCUT2D eigenvalue weighted by molar-refractivity contribution is 5.51. The summed E-state index contributed by atoms with van der Waals surface area (Å²) in [6.07, 6.45) is 0.653. The minimum Gasteiger partial charge on any atom is -0.379 e. The van der Waals surface area contributed by atoms with Crippen molar-refractivity contribution >= 4 is 6.29 Å². The summed E-state index contributed by atoms with van der Waals surface area (Å²) < 4.78 is 4.94. The summed E-state index contributed by atoms with van der Waals surface area (Å²) in [4.78, 5) is 9.05. The number of hydrogen-bond acceptors (Lipinski definition) is 3. The summed E-state index contributed by atoms with van der Waals surface area (Å²) in [5, 5.41) is 0. The summed E-state index contributed by atoms with van der Waals surface area (Å²) in [6, 6.07) is 0. The monoisotopic (exact) mass is 147 g/mol. The van der Waals surface area contributed by atoms with E-state index in [1.54, 1.807) is 7.11 Å². The van der Waals surface area contributed by atoms with Gasteiger partial charge < -0.3 is 15.3 Å². The Hall–Kier alpha value is -0.410. The summed E-state index contributed by atoms with van der Waals surface area (Å²) >= 11 is 0. The number of ether oxygens (including phenoxy) is 1. The van der Waals surface area contributed by atoms with Crippen molar-refractivity contribution in [1.29, 1.82) is 0 Å². The second kappa shape index (κ2) is 6.71. The Labute approximate surface area is 62.5 Å². The zero-order chi connectivity index (χ0) is 8.62. The Kier molecular flexibility index (Phi) is 8.24. The van der Waals surface area contributed by atoms with Crippen molar-refractivity contribution < 1.29 is 9.53 Å². The van der Waals surface area contributed by atoms with Crippen LogP contribution in [-0.4, -0.2) is 25.5 Å². The molecule has 0 saturated heterocycles. The number of carbonyl (C=O) groups is 1. The minimum absolute atomic E-state index is 0.0417. The number of rotatable bonds is 1. The molecule has 10 heavy (non-hydrogen) atoms. The predicted octanol–water partition coefficient (Wildman–Crippen LogP) is 0.575. The largest absolute Gasteiger partial charge is 0.379 e. The molecule has 0 heterocycles. The molecule has 2 N–H and O–H groups in total. The quantitative estimate of drug-likeness (QED) is 0.552. The second-order valence-corrected chi connectivity index (χ2v) is 2.72. The molecule has 62 valence electrons. The molecule has 0 atom stereocenters. The number of hydrogen-bond donors (Lipinski definition) is 1. The fraction of sp³-hybridized carbons (Fsp3) is 0.857. The summed E-state index contributed by atoms with van der Waals surface area (Å²) in [5.74, 6) is 0. The van der Waals surface area contributed by atoms with Crippen LogP contribution < -0.4 is 5.73 Å². The lowest BCUT2D eigenvalue weighted by atomic mass is 10.2. The zero-order valence-electron chi connectivity index (χ0n) is 7.18. The molecule has 0 bridgehead atoms. The topological polar surface area (TPSA) is 52.3 Å². The third kappa shape index (κ3) is 25.6. The normalized spacial score (nSPS) is 9.70. The van der Waals surface area contributed by atoms with E-state index in [4.69, 9.17) is 9.53 Å². The molecule has 0 fully saturated rings. The van der Waals surface area contributed by atoms with Crippen molar-refractivity contribution in [1.82, 2.24) is 0 Å². The van der Waals surface area contributed by atoms with Gasteiger partial charge in [-0.05, 0) is 20.8 Å². The minimum atomic E-state index is 0.0417. The van der Waals surface area contributed by atoms with Crippen LogP contribution in [0.3, 0.4) is 0 Å². The molecule has 0 aliphatic carbocycles. The fourth-order valence-electron chi connectivity index (χ4n) is 0. The van der Waals surface area contributed by atoms with E-state index in [1.807, 2.05) is 20.8 Å². The fourth-order valence-corrected chi connectivity index (χ4v) is 0. The maximum absolute atomic E-state index is 9.05. The van der Waals surface area contributed by atoms with Gasteiger partial charge in [0.05, 0.1) is 5.60 Å². The average molecular weight is 147 g/mol. The van der Waals surface area contributed by atoms with Gasteiger partial charge in [-0.25, -0.2) is 0 Å². The first-order chi connectivity index (χ1) is 4.47. The number of methoxy groups -OCH3 is 1. The van der Waals surface area contributed by atoms with E-state index in [1.165, 1.54) is 0 Å². The lowest BCUT2D eigenvalue weighted by Crippen LogP contribution is -2.15. The number of carbonyl (C=O) groups excluding carboxylic acids is 1. The van der Waals surface area contributed by atoms with Crippen molar-refractivity contribution in [3.05, 3.63) is 0 Å². The second-order valence-electron chi connectivity index (χ2n) is 2.72. The van der Waals surface area contributed by atoms with Gasteiger partial charge in [0.1, 0.15) is 6.29 Å². The maximum atomic E-state index is 9.05. The van der Waals surface area contributed by atoms with Gasteiger partial charge in [0, 0.05) is 13.7 Å². The van der Waals surface area contributed by atoms with Crippen molar-refractivity contribution in [2.75, 3.05) is 13.7 Å². The van der Waals surface area contributed by atoms with E-state index in [-0.39, 0.29) is 12.1 Å². The van der Waals surface area contributed by atoms with Crippen LogP contribution in [0.2, 0.25) is 0 Å². The van der Waals surface area contributed by atoms with Crippen molar-refractivity contribution in [2.24, 2.45) is 5.73 Å². The van der Waals surface area contributed by atoms with Gasteiger partial charge in [-0.1, -0.05) is 0 Å². The van der Waals surface area contributed by atoms with Gasteiger partial charge in [0.2, 0.25) is 0 Å². The molecule has 3 heteroatoms. The number of aldehydes is 1. The molecule has 0 rings (SSSR count). The smallest absolute Gasteiger partial charge is 0.133 e. The van der Waals surface area contributed by atoms with Gasteiger partial charge in [-0.15, -0.1) is 0 Å². The molecule has 0 aliphatic rings. The van der Waals surface area contributed by atoms with E-state index in [0.717, 1.165) is 0 Å². The van der Waals surface area contributed by atoms with E-state index >= 15 is 0 Å². The Morgan fingerprint density at radius 2 is 1.70 bits per heavy atom. The third-order valence-electron chi connectivity index (χ3n) is 0.709. The summed E-state index contributed by atoms with van der Waals surface area (Å²) in [7, 11) is 1.71. The van der Waals surface area contributed by atoms with Crippen LogP contribution >= 0.6 is 0 Å². The average Bonchev–Trinajstić information content (AvgIpc) is 1.87. The SMILES string of the molecule is COC(C)(C)C.NCC=O. The molecule has 3 nitrogen and oxygen atoms in total. The number of nitrogens with two attached hydrogens (primary N) is 1. The van der Waals surface area contributed by atoms with Gasteiger partial charge in [0.25, 0.3) is 0 Å². The van der Waals surface area contributed by atoms with Crippen molar-refractivity contribution in [3.63, 3.8) is 0 Å². The van der Waals surface area contributed by atoms with Gasteiger partial charge in [-0.2, -0.15) is 0 Å². The highest BCUT2D eigenvalue weighted by Gasteiger charge is 2.03. The molecule has 0 spiro atoms. The Balaban J connectivity index is 0. The Bertz CT molecular complexity index is 76.2. The highest BCUT2D eigenvalue weighted by Crippen LogP contribution is 2.02. The molecule has 0 amide bonds. The van der Waals surface area contributed by atoms with E-state index < -0.39 is 0 Å². The van der Waals surface area contributed by atoms with Crippen molar-refractivity contribution in [2.45, 2.75) is 26.4 Å². The van der Waals surface area contributed by atoms with Crippen LogP contribution in [0, 0.1) is 0 Å². The van der Waals surface area contributed by atoms with E-state index in [2.05, 4.69) is 5.73 Å². The highest BCUT2D eigenvalue weighted by atomic mass is 16.5. The molecule has 0 radical (unpaired) electrons. The van der Waals surface area contributed by atoms with Crippen LogP contribution in [0.25, 0.3) is 0 Å². The van der Waals surface area contributed by atoms with Crippen LogP contribution in [0.5, 0.6) is 0 Å². The Morgan fingerprint density at radius 1 is 1.50 bits per heavy atom. The van der Waals surface area contributed by atoms with Crippen LogP contribution in [-0.2, 0) is 9.53 Å². The molecular weight excluding hydrogens is 130 g/mol. The van der Waals surface area contributed by atoms with Gasteiger partial charge >= 0.3 is 0 Å². The van der Waals surface area contributed by atoms with Gasteiger partial charge in [-0.3, -0.25) is 0 Å².